The number of aromatic amines is 1. The van der Waals surface area contributed by atoms with Crippen molar-refractivity contribution in [2.45, 2.75) is 33.4 Å². The van der Waals surface area contributed by atoms with E-state index in [4.69, 9.17) is 10.1 Å². The zero-order valence-corrected chi connectivity index (χ0v) is 23.2. The SMILES string of the molecule is Cc1nn(Cc2cccc(F)c2)c(C)c1-c1c[nH]c2ncc(-c3ccc(N4CCN(C[C@H](C)O)CC4)cc3)cc12. The Labute approximate surface area is 233 Å². The van der Waals surface area contributed by atoms with Crippen molar-refractivity contribution in [2.24, 2.45) is 0 Å². The Morgan fingerprint density at radius 3 is 2.50 bits per heavy atom. The molecule has 1 atom stereocenters. The predicted octanol–water partition coefficient (Wildman–Crippen LogP) is 5.40. The molecule has 8 heteroatoms. The first-order valence-electron chi connectivity index (χ1n) is 13.9. The van der Waals surface area contributed by atoms with Crippen LogP contribution < -0.4 is 4.90 Å². The van der Waals surface area contributed by atoms with Gasteiger partial charge in [-0.1, -0.05) is 24.3 Å². The lowest BCUT2D eigenvalue weighted by Crippen LogP contribution is -2.48. The van der Waals surface area contributed by atoms with Gasteiger partial charge in [-0.15, -0.1) is 0 Å². The number of aliphatic hydroxyl groups excluding tert-OH is 1. The van der Waals surface area contributed by atoms with Gasteiger partial charge in [-0.2, -0.15) is 5.10 Å². The molecule has 1 aliphatic rings. The molecule has 1 fully saturated rings. The number of nitrogens with one attached hydrogen (secondary N) is 1. The van der Waals surface area contributed by atoms with Crippen LogP contribution in [0, 0.1) is 19.7 Å². The van der Waals surface area contributed by atoms with E-state index in [9.17, 15) is 9.50 Å². The van der Waals surface area contributed by atoms with E-state index in [0.717, 1.165) is 83.0 Å². The number of nitrogens with zero attached hydrogens (tertiary/aromatic N) is 5. The lowest BCUT2D eigenvalue weighted by Gasteiger charge is -2.36. The fourth-order valence-electron chi connectivity index (χ4n) is 5.84. The second-order valence-corrected chi connectivity index (χ2v) is 10.8. The van der Waals surface area contributed by atoms with Crippen molar-refractivity contribution >= 4 is 16.7 Å². The van der Waals surface area contributed by atoms with Gasteiger partial charge in [0.15, 0.2) is 0 Å². The second-order valence-electron chi connectivity index (χ2n) is 10.8. The van der Waals surface area contributed by atoms with Crippen molar-refractivity contribution in [2.75, 3.05) is 37.6 Å². The Morgan fingerprint density at radius 2 is 1.77 bits per heavy atom. The first kappa shape index (κ1) is 26.2. The number of pyridine rings is 1. The predicted molar refractivity (Wildman–Crippen MR) is 158 cm³/mol. The van der Waals surface area contributed by atoms with Crippen LogP contribution in [-0.2, 0) is 6.54 Å². The Bertz CT molecular complexity index is 1630. The van der Waals surface area contributed by atoms with Crippen LogP contribution in [0.25, 0.3) is 33.3 Å². The van der Waals surface area contributed by atoms with E-state index in [1.165, 1.54) is 11.8 Å². The number of rotatable bonds is 7. The Balaban J connectivity index is 1.25. The number of piperazine rings is 1. The normalized spacial score (nSPS) is 15.2. The maximum atomic E-state index is 13.7. The topological polar surface area (TPSA) is 73.2 Å². The molecule has 2 aromatic carbocycles. The summed E-state index contributed by atoms with van der Waals surface area (Å²) in [7, 11) is 0. The van der Waals surface area contributed by atoms with E-state index < -0.39 is 0 Å². The van der Waals surface area contributed by atoms with Crippen molar-refractivity contribution in [3.05, 3.63) is 89.8 Å². The third-order valence-electron chi connectivity index (χ3n) is 7.86. The van der Waals surface area contributed by atoms with Gasteiger partial charge in [-0.25, -0.2) is 9.37 Å². The van der Waals surface area contributed by atoms with Gasteiger partial charge in [-0.05, 0) is 62.2 Å². The standard InChI is InChI=1S/C32H35FN6O/c1-21(40)19-37-11-13-38(14-12-37)28-9-7-25(8-10-28)26-16-29-30(18-35-32(29)34-17-26)31-22(2)36-39(23(31)3)20-24-5-4-6-27(33)15-24/h4-10,15-18,21,40H,11-14,19-20H2,1-3H3,(H,34,35)/t21-/m0/s1. The van der Waals surface area contributed by atoms with Gasteiger partial charge in [-0.3, -0.25) is 9.58 Å². The number of aryl methyl sites for hydroxylation is 1. The number of anilines is 1. The maximum absolute atomic E-state index is 13.7. The summed E-state index contributed by atoms with van der Waals surface area (Å²) in [4.78, 5) is 12.8. The molecular formula is C32H35FN6O. The number of β-amino-alcohol motifs (C(OH)–C–C–N with tert-alkyl or cyclic N) is 1. The number of hydrogen-bond acceptors (Lipinski definition) is 5. The molecule has 0 spiro atoms. The third-order valence-corrected chi connectivity index (χ3v) is 7.86. The molecule has 0 amide bonds. The highest BCUT2D eigenvalue weighted by molar-refractivity contribution is 5.97. The summed E-state index contributed by atoms with van der Waals surface area (Å²) in [6.07, 6.45) is 3.63. The zero-order valence-electron chi connectivity index (χ0n) is 23.2. The van der Waals surface area contributed by atoms with E-state index in [2.05, 4.69) is 52.0 Å². The molecule has 0 bridgehead atoms. The number of benzene rings is 2. The smallest absolute Gasteiger partial charge is 0.137 e. The Kier molecular flexibility index (Phi) is 7.12. The fraction of sp³-hybridized carbons (Fsp3) is 0.312. The summed E-state index contributed by atoms with van der Waals surface area (Å²) >= 11 is 0. The van der Waals surface area contributed by atoms with Crippen LogP contribution in [0.15, 0.2) is 67.0 Å². The summed E-state index contributed by atoms with van der Waals surface area (Å²) in [5.41, 5.74) is 9.21. The Morgan fingerprint density at radius 1 is 1.00 bits per heavy atom. The van der Waals surface area contributed by atoms with Gasteiger partial charge < -0.3 is 15.0 Å². The number of fused-ring (bicyclic) bond motifs is 1. The molecule has 1 aliphatic heterocycles. The highest BCUT2D eigenvalue weighted by Gasteiger charge is 2.20. The highest BCUT2D eigenvalue weighted by Crippen LogP contribution is 2.35. The first-order chi connectivity index (χ1) is 19.4. The average Bonchev–Trinajstić information content (AvgIpc) is 3.47. The first-order valence-corrected chi connectivity index (χ1v) is 13.9. The Hall–Kier alpha value is -4.01. The zero-order chi connectivity index (χ0) is 27.8. The number of halogens is 1. The van der Waals surface area contributed by atoms with E-state index >= 15 is 0 Å². The van der Waals surface area contributed by atoms with E-state index in [0.29, 0.717) is 6.54 Å². The molecule has 6 rings (SSSR count). The lowest BCUT2D eigenvalue weighted by atomic mass is 10.0. The molecule has 0 saturated carbocycles. The van der Waals surface area contributed by atoms with Crippen molar-refractivity contribution in [3.63, 3.8) is 0 Å². The molecule has 4 heterocycles. The number of hydrogen-bond donors (Lipinski definition) is 2. The maximum Gasteiger partial charge on any atom is 0.137 e. The summed E-state index contributed by atoms with van der Waals surface area (Å²) in [6, 6.07) is 17.6. The fourth-order valence-corrected chi connectivity index (χ4v) is 5.84. The quantitative estimate of drug-likeness (QED) is 0.290. The number of aliphatic hydroxyl groups is 1. The van der Waals surface area contributed by atoms with E-state index in [1.54, 1.807) is 12.1 Å². The lowest BCUT2D eigenvalue weighted by molar-refractivity contribution is 0.123. The van der Waals surface area contributed by atoms with Crippen LogP contribution in [0.5, 0.6) is 0 Å². The average molecular weight is 539 g/mol. The monoisotopic (exact) mass is 538 g/mol. The molecule has 40 heavy (non-hydrogen) atoms. The minimum Gasteiger partial charge on any atom is -0.392 e. The minimum atomic E-state index is -0.290. The molecule has 2 N–H and O–H groups in total. The summed E-state index contributed by atoms with van der Waals surface area (Å²) in [6.45, 7) is 11.0. The van der Waals surface area contributed by atoms with Gasteiger partial charge in [0.1, 0.15) is 11.5 Å². The van der Waals surface area contributed by atoms with Gasteiger partial charge >= 0.3 is 0 Å². The largest absolute Gasteiger partial charge is 0.392 e. The molecule has 206 valence electrons. The summed E-state index contributed by atoms with van der Waals surface area (Å²) in [5.74, 6) is -0.238. The van der Waals surface area contributed by atoms with Crippen molar-refractivity contribution in [1.82, 2.24) is 24.6 Å². The van der Waals surface area contributed by atoms with E-state index in [-0.39, 0.29) is 11.9 Å². The minimum absolute atomic E-state index is 0.238. The van der Waals surface area contributed by atoms with Gasteiger partial charge in [0.2, 0.25) is 0 Å². The van der Waals surface area contributed by atoms with Crippen LogP contribution in [-0.4, -0.2) is 68.6 Å². The van der Waals surface area contributed by atoms with Crippen LogP contribution in [0.3, 0.4) is 0 Å². The number of aromatic nitrogens is 4. The van der Waals surface area contributed by atoms with E-state index in [1.807, 2.05) is 37.0 Å². The second kappa shape index (κ2) is 10.9. The van der Waals surface area contributed by atoms with Crippen LogP contribution in [0.1, 0.15) is 23.9 Å². The molecule has 1 saturated heterocycles. The molecule has 5 aromatic rings. The summed E-state index contributed by atoms with van der Waals surface area (Å²) < 4.78 is 15.7. The van der Waals surface area contributed by atoms with Crippen LogP contribution in [0.4, 0.5) is 10.1 Å². The van der Waals surface area contributed by atoms with Crippen molar-refractivity contribution in [1.29, 1.82) is 0 Å². The summed E-state index contributed by atoms with van der Waals surface area (Å²) in [5, 5.41) is 15.5. The van der Waals surface area contributed by atoms with Crippen LogP contribution in [0.2, 0.25) is 0 Å². The highest BCUT2D eigenvalue weighted by atomic mass is 19.1. The molecule has 7 nitrogen and oxygen atoms in total. The molecule has 0 aliphatic carbocycles. The molecule has 3 aromatic heterocycles. The number of H-pyrrole nitrogens is 1. The van der Waals surface area contributed by atoms with Crippen molar-refractivity contribution in [3.8, 4) is 22.3 Å². The molecule has 0 radical (unpaired) electrons. The van der Waals surface area contributed by atoms with Gasteiger partial charge in [0, 0.05) is 78.6 Å². The van der Waals surface area contributed by atoms with Crippen LogP contribution >= 0.6 is 0 Å². The van der Waals surface area contributed by atoms with Gasteiger partial charge in [0.05, 0.1) is 18.3 Å². The van der Waals surface area contributed by atoms with Crippen molar-refractivity contribution < 1.29 is 9.50 Å². The molecular weight excluding hydrogens is 503 g/mol. The third kappa shape index (κ3) is 5.24. The van der Waals surface area contributed by atoms with Gasteiger partial charge in [0.25, 0.3) is 0 Å². The molecule has 0 unspecified atom stereocenters.